The molecule has 0 bridgehead atoms. The maximum Gasteiger partial charge on any atom is 0.214 e. The minimum absolute atomic E-state index is 0. The van der Waals surface area contributed by atoms with Crippen molar-refractivity contribution in [3.05, 3.63) is 0 Å². The summed E-state index contributed by atoms with van der Waals surface area (Å²) in [5.41, 5.74) is 17.9. The number of amides is 4. The number of nitrogens with two attached hydrogens (primary N) is 4. The number of hydrogen-bond donors (Lipinski definition) is 4. The number of carbonyl (C=O) groups is 4. The first-order chi connectivity index (χ1) is 6.93. The van der Waals surface area contributed by atoms with Crippen LogP contribution in [0.4, 0.5) is 0 Å². The second-order valence-corrected chi connectivity index (χ2v) is 2.44. The zero-order valence-corrected chi connectivity index (χ0v) is 9.94. The Morgan fingerprint density at radius 2 is 0.529 bits per heavy atom. The maximum atomic E-state index is 9.22. The topological polar surface area (TPSA) is 172 Å². The Morgan fingerprint density at radius 3 is 0.529 bits per heavy atom. The molecule has 17 heavy (non-hydrogen) atoms. The standard InChI is InChI=1S/4C2H5NO.CH4/c4*1-2(3)4;/h4*1H3,(H2,3,4);1H4. The highest BCUT2D eigenvalue weighted by Crippen LogP contribution is 1.34. The largest absolute Gasteiger partial charge is 0.370 e. The van der Waals surface area contributed by atoms with Gasteiger partial charge in [-0.3, -0.25) is 19.2 Å². The Morgan fingerprint density at radius 1 is 0.529 bits per heavy atom. The van der Waals surface area contributed by atoms with Crippen LogP contribution in [0.1, 0.15) is 35.1 Å². The van der Waals surface area contributed by atoms with Crippen molar-refractivity contribution in [3.63, 3.8) is 0 Å². The van der Waals surface area contributed by atoms with Crippen molar-refractivity contribution in [1.82, 2.24) is 0 Å². The fraction of sp³-hybridized carbons (Fsp3) is 0.556. The Bertz CT molecular complexity index is 165. The van der Waals surface area contributed by atoms with E-state index in [2.05, 4.69) is 22.9 Å². The van der Waals surface area contributed by atoms with Crippen LogP contribution in [0.15, 0.2) is 0 Å². The van der Waals surface area contributed by atoms with E-state index in [1.54, 1.807) is 0 Å². The van der Waals surface area contributed by atoms with E-state index in [-0.39, 0.29) is 31.1 Å². The molecule has 8 N–H and O–H groups in total. The lowest BCUT2D eigenvalue weighted by Crippen LogP contribution is -2.01. The third-order valence-electron chi connectivity index (χ3n) is 0. The monoisotopic (exact) mass is 252 g/mol. The quantitative estimate of drug-likeness (QED) is 0.415. The fourth-order valence-corrected chi connectivity index (χ4v) is 0. The van der Waals surface area contributed by atoms with Gasteiger partial charge in [-0.1, -0.05) is 7.43 Å². The molecule has 0 aromatic carbocycles. The van der Waals surface area contributed by atoms with E-state index < -0.39 is 0 Å². The molecule has 0 spiro atoms. The van der Waals surface area contributed by atoms with Gasteiger partial charge in [-0.15, -0.1) is 0 Å². The third-order valence-corrected chi connectivity index (χ3v) is 0. The van der Waals surface area contributed by atoms with Gasteiger partial charge in [0, 0.05) is 27.7 Å². The van der Waals surface area contributed by atoms with Crippen molar-refractivity contribution < 1.29 is 19.2 Å². The van der Waals surface area contributed by atoms with Crippen molar-refractivity contribution in [2.75, 3.05) is 0 Å². The number of hydrogen-bond acceptors (Lipinski definition) is 4. The van der Waals surface area contributed by atoms with Crippen molar-refractivity contribution >= 4 is 23.6 Å². The van der Waals surface area contributed by atoms with E-state index in [0.717, 1.165) is 0 Å². The summed E-state index contributed by atoms with van der Waals surface area (Å²) in [5.74, 6) is -1.33. The highest BCUT2D eigenvalue weighted by atomic mass is 16.2. The van der Waals surface area contributed by atoms with Crippen LogP contribution in [-0.4, -0.2) is 23.6 Å². The molecule has 0 heterocycles. The summed E-state index contributed by atoms with van der Waals surface area (Å²) in [4.78, 5) is 36.9. The molecule has 0 aliphatic rings. The zero-order valence-electron chi connectivity index (χ0n) is 9.94. The van der Waals surface area contributed by atoms with Gasteiger partial charge < -0.3 is 22.9 Å². The van der Waals surface area contributed by atoms with Gasteiger partial charge in [-0.05, 0) is 0 Å². The zero-order chi connectivity index (χ0) is 14.3. The first-order valence-corrected chi connectivity index (χ1v) is 3.97. The molecule has 0 saturated heterocycles. The second-order valence-electron chi connectivity index (χ2n) is 2.44. The summed E-state index contributed by atoms with van der Waals surface area (Å²) >= 11 is 0. The molecule has 4 amide bonds. The summed E-state index contributed by atoms with van der Waals surface area (Å²) < 4.78 is 0. The molecule has 0 aromatic rings. The van der Waals surface area contributed by atoms with Crippen LogP contribution in [0, 0.1) is 0 Å². The molecule has 104 valence electrons. The summed E-state index contributed by atoms with van der Waals surface area (Å²) in [6, 6.07) is 0. The lowest BCUT2D eigenvalue weighted by atomic mass is 10.8. The van der Waals surface area contributed by atoms with Gasteiger partial charge >= 0.3 is 0 Å². The molecule has 0 atom stereocenters. The fourth-order valence-electron chi connectivity index (χ4n) is 0. The van der Waals surface area contributed by atoms with E-state index in [9.17, 15) is 19.2 Å². The molecule has 0 aliphatic heterocycles. The van der Waals surface area contributed by atoms with Gasteiger partial charge in [0.25, 0.3) is 0 Å². The number of rotatable bonds is 0. The Hall–Kier alpha value is -2.12. The molecule has 0 aromatic heterocycles. The number of primary amides is 4. The van der Waals surface area contributed by atoms with Crippen molar-refractivity contribution in [2.24, 2.45) is 22.9 Å². The van der Waals surface area contributed by atoms with Crippen LogP contribution in [0.2, 0.25) is 0 Å². The Labute approximate surface area is 102 Å². The van der Waals surface area contributed by atoms with Gasteiger partial charge in [0.1, 0.15) is 0 Å². The van der Waals surface area contributed by atoms with Gasteiger partial charge in [0.05, 0.1) is 0 Å². The average molecular weight is 252 g/mol. The molecule has 8 nitrogen and oxygen atoms in total. The minimum Gasteiger partial charge on any atom is -0.370 e. The predicted molar refractivity (Wildman–Crippen MR) is 66.2 cm³/mol. The van der Waals surface area contributed by atoms with Crippen LogP contribution in [-0.2, 0) is 19.2 Å². The SMILES string of the molecule is C.CC(N)=O.CC(N)=O.CC(N)=O.CC(N)=O. The summed E-state index contributed by atoms with van der Waals surface area (Å²) in [6.45, 7) is 5.22. The van der Waals surface area contributed by atoms with Gasteiger partial charge in [0.15, 0.2) is 0 Å². The predicted octanol–water partition coefficient (Wildman–Crippen LogP) is -1.40. The van der Waals surface area contributed by atoms with Crippen LogP contribution >= 0.6 is 0 Å². The summed E-state index contributed by atoms with van der Waals surface area (Å²) in [6.07, 6.45) is 0. The Balaban J connectivity index is -0.0000000369. The van der Waals surface area contributed by atoms with Crippen LogP contribution in [0.25, 0.3) is 0 Å². The molecular formula is C9H24N4O4. The van der Waals surface area contributed by atoms with Crippen LogP contribution in [0.3, 0.4) is 0 Å². The third kappa shape index (κ3) is 436. The average Bonchev–Trinajstić information content (AvgIpc) is 1.76. The van der Waals surface area contributed by atoms with Crippen LogP contribution < -0.4 is 22.9 Å². The van der Waals surface area contributed by atoms with E-state index >= 15 is 0 Å². The number of carbonyl (C=O) groups excluding carboxylic acids is 4. The Kier molecular flexibility index (Phi) is 40.7. The molecule has 0 unspecified atom stereocenters. The normalized spacial score (nSPS) is 5.88. The summed E-state index contributed by atoms with van der Waals surface area (Å²) in [7, 11) is 0. The van der Waals surface area contributed by atoms with E-state index in [1.807, 2.05) is 0 Å². The molecule has 0 rings (SSSR count). The minimum atomic E-state index is -0.333. The molecule has 0 fully saturated rings. The van der Waals surface area contributed by atoms with Gasteiger partial charge in [-0.2, -0.15) is 0 Å². The van der Waals surface area contributed by atoms with Gasteiger partial charge in [0.2, 0.25) is 23.6 Å². The molecular weight excluding hydrogens is 228 g/mol. The molecule has 8 heteroatoms. The van der Waals surface area contributed by atoms with E-state index in [1.165, 1.54) is 27.7 Å². The van der Waals surface area contributed by atoms with E-state index in [0.29, 0.717) is 0 Å². The van der Waals surface area contributed by atoms with Crippen molar-refractivity contribution in [3.8, 4) is 0 Å². The smallest absolute Gasteiger partial charge is 0.214 e. The van der Waals surface area contributed by atoms with Crippen LogP contribution in [0.5, 0.6) is 0 Å². The van der Waals surface area contributed by atoms with Crippen molar-refractivity contribution in [1.29, 1.82) is 0 Å². The maximum absolute atomic E-state index is 9.22. The highest BCUT2D eigenvalue weighted by Gasteiger charge is 1.62. The lowest BCUT2D eigenvalue weighted by Gasteiger charge is -1.60. The first kappa shape index (κ1) is 29.4. The first-order valence-electron chi connectivity index (χ1n) is 3.97. The summed E-state index contributed by atoms with van der Waals surface area (Å²) in [5, 5.41) is 0. The second kappa shape index (κ2) is 23.6. The van der Waals surface area contributed by atoms with Gasteiger partial charge in [-0.25, -0.2) is 0 Å². The molecule has 0 radical (unpaired) electrons. The lowest BCUT2D eigenvalue weighted by molar-refractivity contribution is -0.116. The van der Waals surface area contributed by atoms with E-state index in [4.69, 9.17) is 0 Å². The molecule has 0 saturated carbocycles. The highest BCUT2D eigenvalue weighted by molar-refractivity contribution is 5.71. The van der Waals surface area contributed by atoms with Crippen molar-refractivity contribution in [2.45, 2.75) is 35.1 Å². The molecule has 0 aliphatic carbocycles.